The highest BCUT2D eigenvalue weighted by atomic mass is 35.5. The number of hydrogen-bond donors (Lipinski definition) is 0. The molecule has 0 radical (unpaired) electrons. The van der Waals surface area contributed by atoms with Crippen molar-refractivity contribution < 1.29 is 9.53 Å². The Kier molecular flexibility index (Phi) is 3.68. The highest BCUT2D eigenvalue weighted by Crippen LogP contribution is 2.30. The Bertz CT molecular complexity index is 547. The fourth-order valence-electron chi connectivity index (χ4n) is 2.69. The molecule has 0 aliphatic carbocycles. The minimum absolute atomic E-state index is 0.0943. The maximum atomic E-state index is 12.4. The molecule has 4 nitrogen and oxygen atoms in total. The predicted octanol–water partition coefficient (Wildman–Crippen LogP) is 1.86. The molecule has 1 aromatic rings. The lowest BCUT2D eigenvalue weighted by atomic mass is 10.0. The number of hydrogen-bond acceptors (Lipinski definition) is 3. The molecule has 2 aliphatic heterocycles. The van der Waals surface area contributed by atoms with Gasteiger partial charge in [0.2, 0.25) is 0 Å². The molecule has 5 heteroatoms. The molecule has 0 aromatic heterocycles. The summed E-state index contributed by atoms with van der Waals surface area (Å²) < 4.78 is 5.37. The quantitative estimate of drug-likeness (QED) is 0.834. The lowest BCUT2D eigenvalue weighted by molar-refractivity contribution is -0.126. The Labute approximate surface area is 123 Å². The maximum Gasteiger partial charge on any atom is 0.270 e. The first kappa shape index (κ1) is 13.5. The van der Waals surface area contributed by atoms with Crippen LogP contribution in [0.3, 0.4) is 0 Å². The molecule has 3 rings (SSSR count). The number of likely N-dealkylation sites (N-methyl/N-ethyl adjacent to an activating group) is 1. The summed E-state index contributed by atoms with van der Waals surface area (Å²) in [6.45, 7) is 3.54. The van der Waals surface area contributed by atoms with Crippen LogP contribution in [0.25, 0.3) is 5.57 Å². The zero-order valence-corrected chi connectivity index (χ0v) is 12.2. The normalized spacial score (nSPS) is 20.0. The highest BCUT2D eigenvalue weighted by molar-refractivity contribution is 6.30. The number of morpholine rings is 1. The molecule has 1 amide bonds. The van der Waals surface area contributed by atoms with Crippen LogP contribution in [-0.2, 0) is 9.53 Å². The van der Waals surface area contributed by atoms with E-state index in [-0.39, 0.29) is 5.91 Å². The van der Waals surface area contributed by atoms with Gasteiger partial charge in [-0.1, -0.05) is 23.7 Å². The van der Waals surface area contributed by atoms with Crippen LogP contribution in [0, 0.1) is 0 Å². The van der Waals surface area contributed by atoms with Gasteiger partial charge in [-0.15, -0.1) is 0 Å². The number of benzene rings is 1. The van der Waals surface area contributed by atoms with E-state index in [1.807, 2.05) is 31.3 Å². The van der Waals surface area contributed by atoms with E-state index in [1.54, 1.807) is 4.90 Å². The number of amides is 1. The molecule has 0 saturated carbocycles. The van der Waals surface area contributed by atoms with Crippen molar-refractivity contribution in [3.05, 3.63) is 40.5 Å². The van der Waals surface area contributed by atoms with Crippen molar-refractivity contribution in [1.82, 2.24) is 9.80 Å². The van der Waals surface area contributed by atoms with E-state index >= 15 is 0 Å². The number of ether oxygens (including phenoxy) is 1. The van der Waals surface area contributed by atoms with Gasteiger partial charge in [0.05, 0.1) is 13.2 Å². The summed E-state index contributed by atoms with van der Waals surface area (Å²) in [7, 11) is 1.84. The minimum atomic E-state index is 0.0943. The topological polar surface area (TPSA) is 32.8 Å². The molecular formula is C15H17ClN2O2. The average molecular weight is 293 g/mol. The van der Waals surface area contributed by atoms with Gasteiger partial charge >= 0.3 is 0 Å². The molecular weight excluding hydrogens is 276 g/mol. The van der Waals surface area contributed by atoms with Gasteiger partial charge < -0.3 is 14.5 Å². The molecule has 1 aromatic carbocycles. The van der Waals surface area contributed by atoms with Crippen LogP contribution < -0.4 is 0 Å². The van der Waals surface area contributed by atoms with Gasteiger partial charge in [-0.2, -0.15) is 0 Å². The van der Waals surface area contributed by atoms with Gasteiger partial charge in [0, 0.05) is 37.3 Å². The third-order valence-electron chi connectivity index (χ3n) is 3.75. The molecule has 2 heterocycles. The van der Waals surface area contributed by atoms with Gasteiger partial charge in [-0.25, -0.2) is 0 Å². The van der Waals surface area contributed by atoms with Crippen LogP contribution in [0.4, 0.5) is 0 Å². The first-order chi connectivity index (χ1) is 9.66. The standard InChI is InChI=1S/C15H17ClN2O2/c1-17-10-13(11-2-4-12(16)5-3-11)14(15(17)19)18-6-8-20-9-7-18/h2-5H,6-10H2,1H3. The van der Waals surface area contributed by atoms with Gasteiger partial charge in [0.1, 0.15) is 5.70 Å². The van der Waals surface area contributed by atoms with E-state index in [0.717, 1.165) is 29.9 Å². The average Bonchev–Trinajstić information content (AvgIpc) is 2.77. The monoisotopic (exact) mass is 292 g/mol. The van der Waals surface area contributed by atoms with Crippen molar-refractivity contribution >= 4 is 23.1 Å². The van der Waals surface area contributed by atoms with Gasteiger partial charge in [-0.05, 0) is 17.7 Å². The van der Waals surface area contributed by atoms with E-state index in [9.17, 15) is 4.79 Å². The fraction of sp³-hybridized carbons (Fsp3) is 0.400. The Morgan fingerprint density at radius 1 is 1.15 bits per heavy atom. The molecule has 1 fully saturated rings. The lowest BCUT2D eigenvalue weighted by Gasteiger charge is -2.29. The van der Waals surface area contributed by atoms with Crippen molar-refractivity contribution in [2.45, 2.75) is 0 Å². The largest absolute Gasteiger partial charge is 0.378 e. The second-order valence-corrected chi connectivity index (χ2v) is 5.53. The summed E-state index contributed by atoms with van der Waals surface area (Å²) >= 11 is 5.94. The third-order valence-corrected chi connectivity index (χ3v) is 4.00. The van der Waals surface area contributed by atoms with Crippen LogP contribution in [0.1, 0.15) is 5.56 Å². The minimum Gasteiger partial charge on any atom is -0.378 e. The molecule has 0 bridgehead atoms. The van der Waals surface area contributed by atoms with E-state index in [0.29, 0.717) is 24.8 Å². The van der Waals surface area contributed by atoms with Gasteiger partial charge in [0.25, 0.3) is 5.91 Å². The van der Waals surface area contributed by atoms with Crippen LogP contribution in [0.15, 0.2) is 30.0 Å². The second kappa shape index (κ2) is 5.46. The maximum absolute atomic E-state index is 12.4. The molecule has 2 aliphatic rings. The van der Waals surface area contributed by atoms with Crippen LogP contribution in [-0.4, -0.2) is 55.6 Å². The van der Waals surface area contributed by atoms with Crippen molar-refractivity contribution in [2.24, 2.45) is 0 Å². The second-order valence-electron chi connectivity index (χ2n) is 5.09. The predicted molar refractivity (Wildman–Crippen MR) is 78.4 cm³/mol. The number of nitrogens with zero attached hydrogens (tertiary/aromatic N) is 2. The Balaban J connectivity index is 2.00. The highest BCUT2D eigenvalue weighted by Gasteiger charge is 2.33. The SMILES string of the molecule is CN1CC(c2ccc(Cl)cc2)=C(N2CCOCC2)C1=O. The summed E-state index contributed by atoms with van der Waals surface area (Å²) in [4.78, 5) is 16.3. The van der Waals surface area contributed by atoms with E-state index in [1.165, 1.54) is 0 Å². The summed E-state index contributed by atoms with van der Waals surface area (Å²) in [5.74, 6) is 0.0943. The van der Waals surface area contributed by atoms with Crippen molar-refractivity contribution in [3.8, 4) is 0 Å². The van der Waals surface area contributed by atoms with Crippen molar-refractivity contribution in [1.29, 1.82) is 0 Å². The first-order valence-electron chi connectivity index (χ1n) is 6.74. The first-order valence-corrected chi connectivity index (χ1v) is 7.12. The van der Waals surface area contributed by atoms with Crippen LogP contribution in [0.2, 0.25) is 5.02 Å². The number of carbonyl (C=O) groups is 1. The molecule has 0 N–H and O–H groups in total. The van der Waals surface area contributed by atoms with Crippen LogP contribution in [0.5, 0.6) is 0 Å². The molecule has 0 unspecified atom stereocenters. The number of halogens is 1. The third kappa shape index (κ3) is 2.41. The van der Waals surface area contributed by atoms with Gasteiger partial charge in [-0.3, -0.25) is 4.79 Å². The summed E-state index contributed by atoms with van der Waals surface area (Å²) in [6, 6.07) is 7.68. The van der Waals surface area contributed by atoms with E-state index in [4.69, 9.17) is 16.3 Å². The Morgan fingerprint density at radius 3 is 2.45 bits per heavy atom. The zero-order valence-electron chi connectivity index (χ0n) is 11.4. The molecule has 0 spiro atoms. The van der Waals surface area contributed by atoms with E-state index < -0.39 is 0 Å². The summed E-state index contributed by atoms with van der Waals surface area (Å²) in [6.07, 6.45) is 0. The number of rotatable bonds is 2. The Morgan fingerprint density at radius 2 is 1.80 bits per heavy atom. The molecule has 20 heavy (non-hydrogen) atoms. The molecule has 0 atom stereocenters. The molecule has 106 valence electrons. The summed E-state index contributed by atoms with van der Waals surface area (Å²) in [5.41, 5.74) is 2.96. The Hall–Kier alpha value is -1.52. The number of carbonyl (C=O) groups excluding carboxylic acids is 1. The van der Waals surface area contributed by atoms with Crippen molar-refractivity contribution in [3.63, 3.8) is 0 Å². The fourth-order valence-corrected chi connectivity index (χ4v) is 2.81. The zero-order chi connectivity index (χ0) is 14.1. The van der Waals surface area contributed by atoms with E-state index in [2.05, 4.69) is 4.90 Å². The summed E-state index contributed by atoms with van der Waals surface area (Å²) in [5, 5.41) is 0.708. The smallest absolute Gasteiger partial charge is 0.270 e. The lowest BCUT2D eigenvalue weighted by Crippen LogP contribution is -2.39. The van der Waals surface area contributed by atoms with Gasteiger partial charge in [0.15, 0.2) is 0 Å². The van der Waals surface area contributed by atoms with Crippen LogP contribution >= 0.6 is 11.6 Å². The van der Waals surface area contributed by atoms with Crippen molar-refractivity contribution in [2.75, 3.05) is 39.9 Å². The molecule has 1 saturated heterocycles.